The summed E-state index contributed by atoms with van der Waals surface area (Å²) in [4.78, 5) is 13.1. The van der Waals surface area contributed by atoms with Gasteiger partial charge in [0.25, 0.3) is 0 Å². The lowest BCUT2D eigenvalue weighted by Gasteiger charge is -2.15. The number of thiophene rings is 1. The zero-order chi connectivity index (χ0) is 13.9. The molecule has 3 heterocycles. The van der Waals surface area contributed by atoms with Gasteiger partial charge < -0.3 is 9.88 Å². The van der Waals surface area contributed by atoms with Crippen LogP contribution in [0.3, 0.4) is 0 Å². The molecule has 0 spiro atoms. The van der Waals surface area contributed by atoms with Crippen LogP contribution in [0.1, 0.15) is 29.4 Å². The zero-order valence-electron chi connectivity index (χ0n) is 11.5. The first-order valence-electron chi connectivity index (χ1n) is 6.93. The smallest absolute Gasteiger partial charge is 0.225 e. The van der Waals surface area contributed by atoms with Crippen LogP contribution < -0.4 is 5.32 Å². The predicted molar refractivity (Wildman–Crippen MR) is 77.7 cm³/mol. The van der Waals surface area contributed by atoms with Crippen LogP contribution in [0.5, 0.6) is 0 Å². The topological polar surface area (TPSA) is 59.8 Å². The normalized spacial score (nSPS) is 18.4. The molecule has 5 nitrogen and oxygen atoms in total. The summed E-state index contributed by atoms with van der Waals surface area (Å²) in [7, 11) is 0. The van der Waals surface area contributed by atoms with E-state index >= 15 is 0 Å². The molecule has 0 aromatic carbocycles. The fourth-order valence-electron chi connectivity index (χ4n) is 2.63. The Hall–Kier alpha value is -1.69. The highest BCUT2D eigenvalue weighted by atomic mass is 32.1. The number of amides is 1. The van der Waals surface area contributed by atoms with E-state index in [0.29, 0.717) is 6.42 Å². The van der Waals surface area contributed by atoms with Crippen LogP contribution in [0.4, 0.5) is 0 Å². The maximum absolute atomic E-state index is 12.0. The molecule has 0 radical (unpaired) electrons. The highest BCUT2D eigenvalue weighted by Crippen LogP contribution is 2.15. The fraction of sp³-hybridized carbons (Fsp3) is 0.500. The van der Waals surface area contributed by atoms with Crippen molar-refractivity contribution in [3.8, 4) is 0 Å². The number of fused-ring (bicyclic) bond motifs is 1. The Morgan fingerprint density at radius 3 is 3.20 bits per heavy atom. The minimum atomic E-state index is 0.117. The van der Waals surface area contributed by atoms with Gasteiger partial charge >= 0.3 is 0 Å². The molecular formula is C14H18N4OS. The molecule has 0 saturated heterocycles. The van der Waals surface area contributed by atoms with Crippen LogP contribution in [-0.2, 0) is 24.2 Å². The summed E-state index contributed by atoms with van der Waals surface area (Å²) < 4.78 is 2.16. The second kappa shape index (κ2) is 5.75. The first-order valence-corrected chi connectivity index (χ1v) is 7.81. The van der Waals surface area contributed by atoms with Crippen LogP contribution in [-0.4, -0.2) is 26.7 Å². The molecule has 1 N–H and O–H groups in total. The summed E-state index contributed by atoms with van der Waals surface area (Å²) in [6.45, 7) is 2.87. The van der Waals surface area contributed by atoms with Gasteiger partial charge in [0.15, 0.2) is 0 Å². The Morgan fingerprint density at radius 1 is 1.50 bits per heavy atom. The summed E-state index contributed by atoms with van der Waals surface area (Å²) in [6.07, 6.45) is 3.25. The van der Waals surface area contributed by atoms with Crippen molar-refractivity contribution in [3.05, 3.63) is 34.0 Å². The van der Waals surface area contributed by atoms with Crippen LogP contribution in [0.15, 0.2) is 17.5 Å². The summed E-state index contributed by atoms with van der Waals surface area (Å²) in [5.74, 6) is 2.12. The minimum absolute atomic E-state index is 0.117. The van der Waals surface area contributed by atoms with E-state index < -0.39 is 0 Å². The number of nitrogens with zero attached hydrogens (tertiary/aromatic N) is 3. The average Bonchev–Trinajstić information content (AvgIpc) is 2.98. The first-order chi connectivity index (χ1) is 9.72. The van der Waals surface area contributed by atoms with Crippen molar-refractivity contribution in [1.82, 2.24) is 20.1 Å². The summed E-state index contributed by atoms with van der Waals surface area (Å²) in [5, 5.41) is 13.4. The van der Waals surface area contributed by atoms with Crippen LogP contribution in [0.25, 0.3) is 0 Å². The van der Waals surface area contributed by atoms with Gasteiger partial charge in [0.1, 0.15) is 11.6 Å². The van der Waals surface area contributed by atoms with Crippen LogP contribution >= 0.6 is 11.3 Å². The Kier molecular flexibility index (Phi) is 3.82. The van der Waals surface area contributed by atoms with Crippen molar-refractivity contribution >= 4 is 17.2 Å². The van der Waals surface area contributed by atoms with E-state index in [4.69, 9.17) is 0 Å². The predicted octanol–water partition coefficient (Wildman–Crippen LogP) is 1.71. The van der Waals surface area contributed by atoms with Gasteiger partial charge in [0.05, 0.1) is 6.42 Å². The van der Waals surface area contributed by atoms with Crippen molar-refractivity contribution in [1.29, 1.82) is 0 Å². The largest absolute Gasteiger partial charge is 0.353 e. The van der Waals surface area contributed by atoms with E-state index in [1.54, 1.807) is 11.3 Å². The number of rotatable bonds is 3. The second-order valence-electron chi connectivity index (χ2n) is 5.16. The molecule has 6 heteroatoms. The molecule has 3 rings (SSSR count). The van der Waals surface area contributed by atoms with Crippen molar-refractivity contribution in [2.75, 3.05) is 0 Å². The Labute approximate surface area is 122 Å². The SMILES string of the molecule is Cc1nnc2n1CCC(NC(=O)Cc1cccs1)CC2. The quantitative estimate of drug-likeness (QED) is 0.936. The van der Waals surface area contributed by atoms with Gasteiger partial charge in [-0.1, -0.05) is 6.07 Å². The highest BCUT2D eigenvalue weighted by molar-refractivity contribution is 7.10. The lowest BCUT2D eigenvalue weighted by Crippen LogP contribution is -2.36. The first kappa shape index (κ1) is 13.3. The van der Waals surface area contributed by atoms with Crippen LogP contribution in [0.2, 0.25) is 0 Å². The third-order valence-corrected chi connectivity index (χ3v) is 4.59. The van der Waals surface area contributed by atoms with Crippen molar-refractivity contribution in [2.45, 2.75) is 45.2 Å². The molecule has 2 aromatic rings. The summed E-state index contributed by atoms with van der Waals surface area (Å²) >= 11 is 1.63. The van der Waals surface area contributed by atoms with Gasteiger partial charge in [-0.2, -0.15) is 0 Å². The number of aryl methyl sites for hydroxylation is 2. The van der Waals surface area contributed by atoms with Gasteiger partial charge in [-0.25, -0.2) is 0 Å². The molecular weight excluding hydrogens is 272 g/mol. The van der Waals surface area contributed by atoms with Crippen LogP contribution in [0, 0.1) is 6.92 Å². The third kappa shape index (κ3) is 2.90. The van der Waals surface area contributed by atoms with E-state index in [0.717, 1.165) is 42.3 Å². The monoisotopic (exact) mass is 290 g/mol. The molecule has 20 heavy (non-hydrogen) atoms. The Bertz CT molecular complexity index is 590. The molecule has 0 aliphatic carbocycles. The fourth-order valence-corrected chi connectivity index (χ4v) is 3.33. The van der Waals surface area contributed by atoms with Crippen molar-refractivity contribution in [3.63, 3.8) is 0 Å². The zero-order valence-corrected chi connectivity index (χ0v) is 12.3. The van der Waals surface area contributed by atoms with Gasteiger partial charge in [0, 0.05) is 23.9 Å². The van der Waals surface area contributed by atoms with E-state index in [1.165, 1.54) is 0 Å². The second-order valence-corrected chi connectivity index (χ2v) is 6.20. The lowest BCUT2D eigenvalue weighted by molar-refractivity contribution is -0.121. The molecule has 1 amide bonds. The minimum Gasteiger partial charge on any atom is -0.353 e. The number of aromatic nitrogens is 3. The maximum Gasteiger partial charge on any atom is 0.225 e. The highest BCUT2D eigenvalue weighted by Gasteiger charge is 2.20. The van der Waals surface area contributed by atoms with Gasteiger partial charge in [-0.3, -0.25) is 4.79 Å². The molecule has 2 aromatic heterocycles. The lowest BCUT2D eigenvalue weighted by atomic mass is 10.1. The number of hydrogen-bond acceptors (Lipinski definition) is 4. The molecule has 1 aliphatic heterocycles. The Morgan fingerprint density at radius 2 is 2.40 bits per heavy atom. The van der Waals surface area contributed by atoms with E-state index in [-0.39, 0.29) is 11.9 Å². The standard InChI is InChI=1S/C14H18N4OS/c1-10-16-17-13-5-4-11(6-7-18(10)13)15-14(19)9-12-3-2-8-20-12/h2-3,8,11H,4-7,9H2,1H3,(H,15,19). The van der Waals surface area contributed by atoms with E-state index in [1.807, 2.05) is 24.4 Å². The van der Waals surface area contributed by atoms with E-state index in [9.17, 15) is 4.79 Å². The molecule has 1 atom stereocenters. The Balaban J connectivity index is 1.56. The number of carbonyl (C=O) groups is 1. The average molecular weight is 290 g/mol. The van der Waals surface area contributed by atoms with Crippen molar-refractivity contribution < 1.29 is 4.79 Å². The molecule has 0 fully saturated rings. The van der Waals surface area contributed by atoms with Gasteiger partial charge in [-0.05, 0) is 31.2 Å². The number of carbonyl (C=O) groups excluding carboxylic acids is 1. The molecule has 1 unspecified atom stereocenters. The molecule has 106 valence electrons. The van der Waals surface area contributed by atoms with Gasteiger partial charge in [0.2, 0.25) is 5.91 Å². The summed E-state index contributed by atoms with van der Waals surface area (Å²) in [6, 6.07) is 4.22. The molecule has 0 bridgehead atoms. The summed E-state index contributed by atoms with van der Waals surface area (Å²) in [5.41, 5.74) is 0. The third-order valence-electron chi connectivity index (χ3n) is 3.71. The van der Waals surface area contributed by atoms with Crippen molar-refractivity contribution in [2.24, 2.45) is 0 Å². The molecule has 0 saturated carbocycles. The maximum atomic E-state index is 12.0. The van der Waals surface area contributed by atoms with Gasteiger partial charge in [-0.15, -0.1) is 21.5 Å². The van der Waals surface area contributed by atoms with E-state index in [2.05, 4.69) is 20.1 Å². The molecule has 1 aliphatic rings. The number of nitrogens with one attached hydrogen (secondary N) is 1. The number of hydrogen-bond donors (Lipinski definition) is 1.